The Morgan fingerprint density at radius 1 is 0.160 bits per heavy atom. The van der Waals surface area contributed by atoms with Gasteiger partial charge in [0.2, 0.25) is 108 Å². The minimum Gasteiger partial charge on any atom is -0.383 e. The first kappa shape index (κ1) is 115. The normalized spacial score (nSPS) is 18.6. The lowest BCUT2D eigenvalue weighted by molar-refractivity contribution is 0.465. The summed E-state index contributed by atoms with van der Waals surface area (Å²) in [5, 5.41) is 19.6. The highest BCUT2D eigenvalue weighted by molar-refractivity contribution is 7.91. The zero-order chi connectivity index (χ0) is 107. The highest BCUT2D eigenvalue weighted by atomic mass is 32.2. The summed E-state index contributed by atoms with van der Waals surface area (Å²) in [5.74, 6) is 0.396. The highest BCUT2D eigenvalue weighted by Crippen LogP contribution is 2.30. The fraction of sp³-hybridized carbons (Fsp3) is 0.286. The predicted molar refractivity (Wildman–Crippen MR) is 588 cm³/mol. The van der Waals surface area contributed by atoms with Crippen LogP contribution in [0.1, 0.15) is 33.4 Å². The molecule has 0 bridgehead atoms. The van der Waals surface area contributed by atoms with E-state index in [2.05, 4.69) is 46.9 Å². The van der Waals surface area contributed by atoms with Crippen molar-refractivity contribution in [1.82, 2.24) is 53.7 Å². The lowest BCUT2D eigenvalue weighted by atomic mass is 10.2. The average molecular weight is 2220 g/mol. The lowest BCUT2D eigenvalue weighted by Gasteiger charge is -2.21. The Bertz CT molecular complexity index is 6660. The van der Waals surface area contributed by atoms with Crippen molar-refractivity contribution in [2.75, 3.05) is 189 Å². The molecule has 45 heteroatoms. The van der Waals surface area contributed by atoms with Crippen LogP contribution in [0.2, 0.25) is 0 Å². The number of rotatable bonds is 33. The second-order valence-corrected chi connectivity index (χ2v) is 52.9. The number of sulfonamides is 9. The topological polar surface area (TPSA) is 447 Å². The van der Waals surface area contributed by atoms with Crippen LogP contribution in [-0.4, -0.2) is 287 Å². The molecule has 13 rings (SSSR count). The maximum Gasteiger partial charge on any atom is 0.243 e. The molecule has 0 radical (unpaired) electrons. The molecule has 150 heavy (non-hydrogen) atoms. The molecule has 0 fully saturated rings. The minimum absolute atomic E-state index is 0.0465. The maximum atomic E-state index is 14.7. The Morgan fingerprint density at radius 2 is 0.260 bits per heavy atom. The van der Waals surface area contributed by atoms with E-state index in [0.29, 0.717) is 17.1 Å². The largest absolute Gasteiger partial charge is 0.383 e. The molecule has 0 saturated carbocycles. The van der Waals surface area contributed by atoms with Gasteiger partial charge in [-0.25, -0.2) is 75.8 Å². The third kappa shape index (κ3) is 31.0. The van der Waals surface area contributed by atoms with Gasteiger partial charge in [-0.15, -0.1) is 0 Å². The Morgan fingerprint density at radius 3 is 0.373 bits per heavy atom. The number of hydrogen-bond donors (Lipinski definition) is 6. The van der Waals surface area contributed by atoms with E-state index < -0.39 is 90.2 Å². The quantitative estimate of drug-likeness (QED) is 0.0164. The maximum absolute atomic E-state index is 14.7. The van der Waals surface area contributed by atoms with Crippen molar-refractivity contribution in [2.24, 2.45) is 0 Å². The van der Waals surface area contributed by atoms with Crippen LogP contribution < -0.4 is 31.9 Å². The summed E-state index contributed by atoms with van der Waals surface area (Å²) in [5.41, 5.74) is 6.74. The van der Waals surface area contributed by atoms with Gasteiger partial charge in [0, 0.05) is 174 Å². The summed E-state index contributed by atoms with van der Waals surface area (Å²) in [6, 6.07) is 56.6. The first-order valence-electron chi connectivity index (χ1n) is 48.4. The van der Waals surface area contributed by atoms with Crippen molar-refractivity contribution in [3.63, 3.8) is 0 Å². The first-order chi connectivity index (χ1) is 71.6. The first-order valence-corrected chi connectivity index (χ1v) is 61.3. The molecule has 0 spiro atoms. The molecule has 6 N–H and O–H groups in total. The van der Waals surface area contributed by atoms with Crippen molar-refractivity contribution >= 4 is 125 Å². The zero-order valence-corrected chi connectivity index (χ0v) is 91.4. The molecular formula is C105H126N18O18S9. The van der Waals surface area contributed by atoms with Gasteiger partial charge in [0.1, 0.15) is 0 Å². The molecular weight excluding hydrogens is 2090 g/mol. The second kappa shape index (κ2) is 52.6. The van der Waals surface area contributed by atoms with Crippen LogP contribution in [-0.2, 0) is 90.2 Å². The van der Waals surface area contributed by atoms with Crippen molar-refractivity contribution in [1.29, 1.82) is 0 Å². The van der Waals surface area contributed by atoms with Crippen LogP contribution in [0, 0.1) is 41.5 Å². The number of anilines is 6. The summed E-state index contributed by atoms with van der Waals surface area (Å²) < 4.78 is 269. The van der Waals surface area contributed by atoms with Crippen LogP contribution >= 0.6 is 0 Å². The number of aryl methyl sites for hydroxylation is 6. The third-order valence-corrected chi connectivity index (χ3v) is 41.0. The molecule has 9 aromatic carbocycles. The van der Waals surface area contributed by atoms with E-state index in [1.54, 1.807) is 219 Å². The molecule has 4 heterocycles. The molecule has 798 valence electrons. The van der Waals surface area contributed by atoms with Crippen LogP contribution in [0.5, 0.6) is 0 Å². The summed E-state index contributed by atoms with van der Waals surface area (Å²) in [6.07, 6.45) is 28.5. The Balaban J connectivity index is 0.694. The van der Waals surface area contributed by atoms with Gasteiger partial charge in [-0.2, -0.15) is 53.7 Å². The lowest BCUT2D eigenvalue weighted by Crippen LogP contribution is -2.33. The van der Waals surface area contributed by atoms with Gasteiger partial charge in [0.05, 0.1) is 44.1 Å². The van der Waals surface area contributed by atoms with Gasteiger partial charge in [0.15, 0.2) is 0 Å². The highest BCUT2D eigenvalue weighted by Gasteiger charge is 2.33. The molecule has 10 aromatic rings. The van der Waals surface area contributed by atoms with Crippen LogP contribution in [0.3, 0.4) is 0 Å². The molecule has 1 aromatic heterocycles. The number of benzene rings is 9. The molecule has 0 unspecified atom stereocenters. The fourth-order valence-corrected chi connectivity index (χ4v) is 27.6. The van der Waals surface area contributed by atoms with Crippen LogP contribution in [0.15, 0.2) is 372 Å². The average Bonchev–Trinajstić information content (AvgIpc) is 1.29. The van der Waals surface area contributed by atoms with E-state index in [4.69, 9.17) is 0 Å². The monoisotopic (exact) mass is 2210 g/mol. The van der Waals surface area contributed by atoms with E-state index in [0.717, 1.165) is 33.4 Å². The van der Waals surface area contributed by atoms with Crippen LogP contribution in [0.25, 0.3) is 0 Å². The van der Waals surface area contributed by atoms with Crippen molar-refractivity contribution in [3.8, 4) is 0 Å². The minimum atomic E-state index is -4.29. The van der Waals surface area contributed by atoms with E-state index in [1.807, 2.05) is 41.5 Å². The zero-order valence-electron chi connectivity index (χ0n) is 84.0. The van der Waals surface area contributed by atoms with Crippen molar-refractivity contribution in [2.45, 2.75) is 85.6 Å². The number of nitrogens with one attached hydrogen (secondary N) is 6. The Kier molecular flexibility index (Phi) is 40.2. The molecule has 3 aliphatic heterocycles. The van der Waals surface area contributed by atoms with Gasteiger partial charge < -0.3 is 31.9 Å². The third-order valence-electron chi connectivity index (χ3n) is 24.3. The number of nitrogens with zero attached hydrogens (tertiary/aromatic N) is 12. The van der Waals surface area contributed by atoms with Crippen LogP contribution in [0.4, 0.5) is 34.9 Å². The fourth-order valence-electron chi connectivity index (χ4n) is 15.5. The molecule has 3 aliphatic rings. The standard InChI is InChI=1S/C105H126N18O18S9/c1-85-25-43-94(44-26-85)142(124,125)115-67-7-8-68-116(143(126,127)95-45-27-86(2)28-46-95)74-14-20-80-121(79-19-13-73-115)148(136,137)100-55-37-91(38-56-100)106-61-64-109-103-112-104(110-65-62-107-92-39-57-101(58-40-92)149(138,139)122-81-21-15-75-117(144(128,129)96-47-29-87(3)30-48-96)69-9-10-70-118(76-16-22-82-122)145(130,131)97-49-31-88(4)32-50-97)114-105(113-103)111-66-63-108-93-41-59-102(60-42-93)150(140,141)123-83-23-17-77-119(146(132,133)98-51-33-89(5)34-52-98)71-11-12-72-120(78-18-24-84-123)147(134,135)99-53-35-90(6)36-54-99/h7-60,106-108H,61-84H2,1-6H3,(H3,109,110,111,112,113,114)/b8-7+,10-9+,12-11+,19-13+,20-14+,21-15+,22-16+,23-17+,24-18+. The summed E-state index contributed by atoms with van der Waals surface area (Å²) in [4.78, 5) is 14.1. The van der Waals surface area contributed by atoms with Crippen molar-refractivity contribution in [3.05, 3.63) is 361 Å². The van der Waals surface area contributed by atoms with E-state index in [-0.39, 0.29) is 219 Å². The summed E-state index contributed by atoms with van der Waals surface area (Å²) in [7, 11) is -37.5. The van der Waals surface area contributed by atoms with E-state index in [1.165, 1.54) is 148 Å². The number of aromatic nitrogens is 3. The molecule has 0 aliphatic carbocycles. The predicted octanol–water partition coefficient (Wildman–Crippen LogP) is 12.5. The van der Waals surface area contributed by atoms with E-state index >= 15 is 0 Å². The van der Waals surface area contributed by atoms with Gasteiger partial charge >= 0.3 is 0 Å². The van der Waals surface area contributed by atoms with Gasteiger partial charge in [-0.1, -0.05) is 216 Å². The SMILES string of the molecule is Cc1ccc(S(=O)(=O)N2C/C=C/CN(S(=O)(=O)c3ccc(C)cc3)C/C=C/CN(S(=O)(=O)c3ccc(NCCNc4nc(NCCNc5ccc(S(=O)(=O)N6C/C=C/CN(S(=O)(=O)c7ccc(C)cc7)C/C=C/CN(S(=O)(=O)c7ccc(C)cc7)C/C=C/C6)cc5)nc(NCCNc5ccc(S(=O)(=O)N6C/C=C/CN(S(=O)(=O)c7ccc(C)cc7)C/C=C/CN(S(=O)(=O)c7ccc(C)cc7)C/C=C/C6)cc5)n4)cc3)C/C=C/C2)cc1. The van der Waals surface area contributed by atoms with E-state index in [9.17, 15) is 75.8 Å². The Hall–Kier alpha value is -12.4. The molecule has 0 amide bonds. The summed E-state index contributed by atoms with van der Waals surface area (Å²) >= 11 is 0. The molecule has 0 saturated heterocycles. The Labute approximate surface area is 883 Å². The second-order valence-electron chi connectivity index (χ2n) is 35.5. The van der Waals surface area contributed by atoms with Gasteiger partial charge in [-0.05, 0) is 187 Å². The van der Waals surface area contributed by atoms with Crippen molar-refractivity contribution < 1.29 is 75.8 Å². The molecule has 0 atom stereocenters. The number of hydrogen-bond acceptors (Lipinski definition) is 27. The summed E-state index contributed by atoms with van der Waals surface area (Å²) in [6.45, 7) is 9.63. The van der Waals surface area contributed by atoms with Gasteiger partial charge in [-0.3, -0.25) is 0 Å². The van der Waals surface area contributed by atoms with Gasteiger partial charge in [0.25, 0.3) is 0 Å². The smallest absolute Gasteiger partial charge is 0.243 e. The molecule has 36 nitrogen and oxygen atoms in total.